The van der Waals surface area contributed by atoms with Gasteiger partial charge in [-0.15, -0.1) is 0 Å². The molecule has 0 saturated heterocycles. The number of hydrogen-bond acceptors (Lipinski definition) is 3. The van der Waals surface area contributed by atoms with E-state index in [1.54, 1.807) is 4.90 Å². The minimum Gasteiger partial charge on any atom is -0.483 e. The first kappa shape index (κ1) is 23.5. The highest BCUT2D eigenvalue weighted by Gasteiger charge is 2.29. The molecule has 1 N–H and O–H groups in total. The lowest BCUT2D eigenvalue weighted by Gasteiger charge is -2.31. The number of benzene rings is 2. The van der Waals surface area contributed by atoms with Gasteiger partial charge in [0.1, 0.15) is 11.8 Å². The molecule has 0 aliphatic rings. The van der Waals surface area contributed by atoms with Crippen molar-refractivity contribution >= 4 is 11.8 Å². The summed E-state index contributed by atoms with van der Waals surface area (Å²) in [5.74, 6) is 0.383. The van der Waals surface area contributed by atoms with E-state index in [9.17, 15) is 9.59 Å². The lowest BCUT2D eigenvalue weighted by Crippen LogP contribution is -2.50. The Hall–Kier alpha value is -2.82. The Kier molecular flexibility index (Phi) is 8.90. The average molecular weight is 411 g/mol. The summed E-state index contributed by atoms with van der Waals surface area (Å²) in [4.78, 5) is 27.7. The Morgan fingerprint density at radius 2 is 1.77 bits per heavy atom. The van der Waals surface area contributed by atoms with Gasteiger partial charge in [0.05, 0.1) is 0 Å². The van der Waals surface area contributed by atoms with Crippen molar-refractivity contribution in [3.05, 3.63) is 64.7 Å². The molecule has 0 bridgehead atoms. The normalized spacial score (nSPS) is 11.6. The number of carbonyl (C=O) groups is 2. The highest BCUT2D eigenvalue weighted by atomic mass is 16.5. The standard InChI is InChI=1S/C25H34N2O3/c1-6-14-26-25(29)22(7-2)27(16-21-11-9-8-10-19(21)4)24(28)17-30-23-15-18(3)12-13-20(23)5/h8-13,15,22H,6-7,14,16-17H2,1-5H3,(H,26,29). The van der Waals surface area contributed by atoms with Crippen LogP contribution in [-0.2, 0) is 16.1 Å². The molecule has 0 spiro atoms. The predicted molar refractivity (Wildman–Crippen MR) is 121 cm³/mol. The first-order valence-corrected chi connectivity index (χ1v) is 10.7. The Balaban J connectivity index is 2.24. The Labute approximate surface area is 180 Å². The van der Waals surface area contributed by atoms with E-state index in [1.165, 1.54) is 0 Å². The summed E-state index contributed by atoms with van der Waals surface area (Å²) in [7, 11) is 0. The number of aryl methyl sites for hydroxylation is 3. The first-order valence-electron chi connectivity index (χ1n) is 10.7. The quantitative estimate of drug-likeness (QED) is 0.634. The monoisotopic (exact) mass is 410 g/mol. The largest absolute Gasteiger partial charge is 0.483 e. The summed E-state index contributed by atoms with van der Waals surface area (Å²) in [5.41, 5.74) is 4.17. The maximum Gasteiger partial charge on any atom is 0.261 e. The van der Waals surface area contributed by atoms with Gasteiger partial charge in [0.25, 0.3) is 5.91 Å². The number of ether oxygens (including phenoxy) is 1. The van der Waals surface area contributed by atoms with Crippen molar-refractivity contribution in [2.24, 2.45) is 0 Å². The highest BCUT2D eigenvalue weighted by molar-refractivity contribution is 5.88. The van der Waals surface area contributed by atoms with Gasteiger partial charge < -0.3 is 15.0 Å². The lowest BCUT2D eigenvalue weighted by atomic mass is 10.1. The van der Waals surface area contributed by atoms with Crippen molar-refractivity contribution in [3.63, 3.8) is 0 Å². The van der Waals surface area contributed by atoms with Crippen LogP contribution in [0.1, 0.15) is 48.9 Å². The van der Waals surface area contributed by atoms with E-state index in [1.807, 2.05) is 77.1 Å². The van der Waals surface area contributed by atoms with Crippen molar-refractivity contribution < 1.29 is 14.3 Å². The number of nitrogens with one attached hydrogen (secondary N) is 1. The Bertz CT molecular complexity index is 863. The zero-order chi connectivity index (χ0) is 22.1. The molecule has 0 heterocycles. The molecule has 2 rings (SSSR count). The molecule has 2 amide bonds. The van der Waals surface area contributed by atoms with E-state index in [0.717, 1.165) is 28.7 Å². The summed E-state index contributed by atoms with van der Waals surface area (Å²) >= 11 is 0. The van der Waals surface area contributed by atoms with Gasteiger partial charge in [-0.05, 0) is 61.9 Å². The van der Waals surface area contributed by atoms with Crippen molar-refractivity contribution in [3.8, 4) is 5.75 Å². The molecule has 0 aromatic heterocycles. The highest BCUT2D eigenvalue weighted by Crippen LogP contribution is 2.20. The smallest absolute Gasteiger partial charge is 0.261 e. The fraction of sp³-hybridized carbons (Fsp3) is 0.440. The first-order chi connectivity index (χ1) is 14.4. The van der Waals surface area contributed by atoms with Crippen LogP contribution in [0, 0.1) is 20.8 Å². The van der Waals surface area contributed by atoms with Crippen LogP contribution in [0.5, 0.6) is 5.75 Å². The minimum atomic E-state index is -0.536. The second-order valence-electron chi connectivity index (χ2n) is 7.72. The average Bonchev–Trinajstić information content (AvgIpc) is 2.73. The predicted octanol–water partition coefficient (Wildman–Crippen LogP) is 4.32. The van der Waals surface area contributed by atoms with Crippen molar-refractivity contribution in [1.29, 1.82) is 0 Å². The summed E-state index contributed by atoms with van der Waals surface area (Å²) in [5, 5.41) is 2.94. The molecule has 2 aromatic carbocycles. The zero-order valence-electron chi connectivity index (χ0n) is 18.8. The number of rotatable bonds is 10. The van der Waals surface area contributed by atoms with Gasteiger partial charge in [-0.1, -0.05) is 50.2 Å². The molecular weight excluding hydrogens is 376 g/mol. The van der Waals surface area contributed by atoms with Crippen molar-refractivity contribution in [1.82, 2.24) is 10.2 Å². The van der Waals surface area contributed by atoms with Crippen LogP contribution in [0.2, 0.25) is 0 Å². The molecule has 30 heavy (non-hydrogen) atoms. The van der Waals surface area contributed by atoms with Crippen LogP contribution in [0.4, 0.5) is 0 Å². The van der Waals surface area contributed by atoms with Crippen LogP contribution in [0.25, 0.3) is 0 Å². The number of hydrogen-bond donors (Lipinski definition) is 1. The van der Waals surface area contributed by atoms with Crippen LogP contribution in [0.3, 0.4) is 0 Å². The summed E-state index contributed by atoms with van der Waals surface area (Å²) in [6.07, 6.45) is 1.39. The Morgan fingerprint density at radius 3 is 2.43 bits per heavy atom. The summed E-state index contributed by atoms with van der Waals surface area (Å²) in [6.45, 7) is 10.8. The van der Waals surface area contributed by atoms with E-state index in [2.05, 4.69) is 5.32 Å². The van der Waals surface area contributed by atoms with Gasteiger partial charge in [-0.25, -0.2) is 0 Å². The molecule has 0 saturated carbocycles. The molecule has 2 aromatic rings. The minimum absolute atomic E-state index is 0.103. The Morgan fingerprint density at radius 1 is 1.03 bits per heavy atom. The van der Waals surface area contributed by atoms with Crippen LogP contribution >= 0.6 is 0 Å². The third-order valence-electron chi connectivity index (χ3n) is 5.23. The zero-order valence-corrected chi connectivity index (χ0v) is 18.8. The van der Waals surface area contributed by atoms with E-state index in [0.29, 0.717) is 25.3 Å². The number of carbonyl (C=O) groups excluding carboxylic acids is 2. The lowest BCUT2D eigenvalue weighted by molar-refractivity contribution is -0.143. The SMILES string of the molecule is CCCNC(=O)C(CC)N(Cc1ccccc1C)C(=O)COc1cc(C)ccc1C. The summed E-state index contributed by atoms with van der Waals surface area (Å²) in [6, 6.07) is 13.3. The maximum absolute atomic E-state index is 13.2. The maximum atomic E-state index is 13.2. The van der Waals surface area contributed by atoms with Crippen LogP contribution in [0.15, 0.2) is 42.5 Å². The van der Waals surface area contributed by atoms with Gasteiger partial charge in [0.15, 0.2) is 6.61 Å². The number of nitrogens with zero attached hydrogens (tertiary/aromatic N) is 1. The van der Waals surface area contributed by atoms with Crippen molar-refractivity contribution in [2.45, 2.75) is 60.0 Å². The van der Waals surface area contributed by atoms with Crippen LogP contribution in [-0.4, -0.2) is 35.9 Å². The second kappa shape index (κ2) is 11.4. The molecule has 162 valence electrons. The van der Waals surface area contributed by atoms with E-state index in [-0.39, 0.29) is 18.4 Å². The van der Waals surface area contributed by atoms with E-state index < -0.39 is 6.04 Å². The fourth-order valence-electron chi connectivity index (χ4n) is 3.34. The molecule has 0 aliphatic carbocycles. The second-order valence-corrected chi connectivity index (χ2v) is 7.72. The molecule has 0 fully saturated rings. The molecule has 0 radical (unpaired) electrons. The fourth-order valence-corrected chi connectivity index (χ4v) is 3.34. The topological polar surface area (TPSA) is 58.6 Å². The molecule has 1 unspecified atom stereocenters. The molecule has 1 atom stereocenters. The molecular formula is C25H34N2O3. The van der Waals surface area contributed by atoms with E-state index >= 15 is 0 Å². The number of amides is 2. The summed E-state index contributed by atoms with van der Waals surface area (Å²) < 4.78 is 5.86. The molecule has 5 nitrogen and oxygen atoms in total. The van der Waals surface area contributed by atoms with Crippen molar-refractivity contribution in [2.75, 3.05) is 13.2 Å². The van der Waals surface area contributed by atoms with E-state index in [4.69, 9.17) is 4.74 Å². The third-order valence-corrected chi connectivity index (χ3v) is 5.23. The third kappa shape index (κ3) is 6.34. The van der Waals surface area contributed by atoms with Gasteiger partial charge in [-0.2, -0.15) is 0 Å². The van der Waals surface area contributed by atoms with Crippen LogP contribution < -0.4 is 10.1 Å². The molecule has 5 heteroatoms. The van der Waals surface area contributed by atoms with Gasteiger partial charge in [0.2, 0.25) is 5.91 Å². The van der Waals surface area contributed by atoms with Gasteiger partial charge in [-0.3, -0.25) is 9.59 Å². The van der Waals surface area contributed by atoms with Gasteiger partial charge in [0, 0.05) is 13.1 Å². The van der Waals surface area contributed by atoms with Gasteiger partial charge >= 0.3 is 0 Å². The molecule has 0 aliphatic heterocycles.